The Labute approximate surface area is 102 Å². The van der Waals surface area contributed by atoms with Gasteiger partial charge in [-0.2, -0.15) is 5.10 Å². The summed E-state index contributed by atoms with van der Waals surface area (Å²) < 4.78 is 5.31. The third-order valence-electron chi connectivity index (χ3n) is 2.64. The minimum Gasteiger partial charge on any atom is -0.444 e. The molecule has 1 unspecified atom stereocenters. The second-order valence-electron chi connectivity index (χ2n) is 5.32. The number of piperidine rings is 1. The van der Waals surface area contributed by atoms with Gasteiger partial charge < -0.3 is 21.2 Å². The molecule has 1 fully saturated rings. The van der Waals surface area contributed by atoms with Crippen LogP contribution < -0.4 is 11.6 Å². The van der Waals surface area contributed by atoms with E-state index in [0.717, 1.165) is 12.8 Å². The van der Waals surface area contributed by atoms with Gasteiger partial charge in [0, 0.05) is 19.0 Å². The Hall–Kier alpha value is -1.46. The quantitative estimate of drug-likeness (QED) is 0.309. The van der Waals surface area contributed by atoms with E-state index in [1.54, 1.807) is 4.90 Å². The van der Waals surface area contributed by atoms with Crippen LogP contribution in [0.4, 0.5) is 4.79 Å². The molecule has 98 valence electrons. The molecule has 1 atom stereocenters. The van der Waals surface area contributed by atoms with Crippen molar-refractivity contribution in [3.63, 3.8) is 0 Å². The van der Waals surface area contributed by atoms with Gasteiger partial charge in [-0.1, -0.05) is 0 Å². The van der Waals surface area contributed by atoms with Crippen LogP contribution in [0.5, 0.6) is 0 Å². The van der Waals surface area contributed by atoms with Gasteiger partial charge in [0.1, 0.15) is 11.4 Å². The fourth-order valence-corrected chi connectivity index (χ4v) is 1.82. The number of carbonyl (C=O) groups excluding carboxylic acids is 1. The fraction of sp³-hybridized carbons (Fsp3) is 0.818. The number of ether oxygens (including phenoxy) is 1. The molecule has 0 aromatic rings. The molecule has 0 aliphatic carbocycles. The summed E-state index contributed by atoms with van der Waals surface area (Å²) in [6.45, 7) is 6.77. The normalized spacial score (nSPS) is 22.4. The van der Waals surface area contributed by atoms with Gasteiger partial charge in [-0.15, -0.1) is 0 Å². The van der Waals surface area contributed by atoms with E-state index in [1.807, 2.05) is 20.8 Å². The predicted octanol–water partition coefficient (Wildman–Crippen LogP) is 0.864. The minimum absolute atomic E-state index is 0.0428. The molecule has 1 aliphatic heterocycles. The number of nitrogens with two attached hydrogens (primary N) is 2. The Balaban J connectivity index is 2.58. The van der Waals surface area contributed by atoms with E-state index < -0.39 is 5.60 Å². The zero-order valence-electron chi connectivity index (χ0n) is 10.8. The van der Waals surface area contributed by atoms with Crippen LogP contribution in [0.2, 0.25) is 0 Å². The smallest absolute Gasteiger partial charge is 0.410 e. The van der Waals surface area contributed by atoms with Crippen molar-refractivity contribution < 1.29 is 9.53 Å². The maximum Gasteiger partial charge on any atom is 0.410 e. The second kappa shape index (κ2) is 5.25. The molecule has 0 bridgehead atoms. The number of amidine groups is 1. The van der Waals surface area contributed by atoms with Crippen LogP contribution in [-0.4, -0.2) is 35.5 Å². The first-order valence-electron chi connectivity index (χ1n) is 5.84. The zero-order chi connectivity index (χ0) is 13.1. The van der Waals surface area contributed by atoms with Gasteiger partial charge in [-0.25, -0.2) is 4.79 Å². The van der Waals surface area contributed by atoms with Crippen molar-refractivity contribution in [1.82, 2.24) is 4.90 Å². The van der Waals surface area contributed by atoms with Crippen LogP contribution in [-0.2, 0) is 4.74 Å². The van der Waals surface area contributed by atoms with E-state index >= 15 is 0 Å². The number of nitrogens with zero attached hydrogens (tertiary/aromatic N) is 2. The van der Waals surface area contributed by atoms with Crippen LogP contribution in [0, 0.1) is 5.92 Å². The summed E-state index contributed by atoms with van der Waals surface area (Å²) in [6.07, 6.45) is 1.50. The lowest BCUT2D eigenvalue weighted by molar-refractivity contribution is 0.0193. The predicted molar refractivity (Wildman–Crippen MR) is 66.3 cm³/mol. The van der Waals surface area contributed by atoms with Crippen LogP contribution in [0.15, 0.2) is 5.10 Å². The molecule has 4 N–H and O–H groups in total. The zero-order valence-corrected chi connectivity index (χ0v) is 10.8. The molecule has 1 saturated heterocycles. The van der Waals surface area contributed by atoms with E-state index in [0.29, 0.717) is 18.9 Å². The van der Waals surface area contributed by atoms with Crippen molar-refractivity contribution in [3.8, 4) is 0 Å². The molecule has 0 saturated carbocycles. The third-order valence-corrected chi connectivity index (χ3v) is 2.64. The van der Waals surface area contributed by atoms with E-state index in [2.05, 4.69) is 5.10 Å². The largest absolute Gasteiger partial charge is 0.444 e. The number of amides is 1. The first kappa shape index (κ1) is 13.6. The van der Waals surface area contributed by atoms with Crippen molar-refractivity contribution >= 4 is 11.9 Å². The SMILES string of the molecule is CC(C)(C)OC(=O)N1CCCC(C(N)=NN)C1. The summed E-state index contributed by atoms with van der Waals surface area (Å²) in [6, 6.07) is 0. The summed E-state index contributed by atoms with van der Waals surface area (Å²) >= 11 is 0. The first-order valence-corrected chi connectivity index (χ1v) is 5.84. The fourth-order valence-electron chi connectivity index (χ4n) is 1.82. The lowest BCUT2D eigenvalue weighted by atomic mass is 9.97. The first-order chi connectivity index (χ1) is 7.83. The van der Waals surface area contributed by atoms with E-state index in [-0.39, 0.29) is 12.0 Å². The van der Waals surface area contributed by atoms with Crippen LogP contribution in [0.1, 0.15) is 33.6 Å². The van der Waals surface area contributed by atoms with E-state index in [1.165, 1.54) is 0 Å². The molecular formula is C11H22N4O2. The lowest BCUT2D eigenvalue weighted by Gasteiger charge is -2.33. The maximum absolute atomic E-state index is 11.9. The van der Waals surface area contributed by atoms with Crippen molar-refractivity contribution in [1.29, 1.82) is 0 Å². The second-order valence-corrected chi connectivity index (χ2v) is 5.32. The molecule has 1 heterocycles. The summed E-state index contributed by atoms with van der Waals surface area (Å²) in [5.41, 5.74) is 5.21. The highest BCUT2D eigenvalue weighted by Crippen LogP contribution is 2.19. The Kier molecular flexibility index (Phi) is 4.20. The number of carbonyl (C=O) groups is 1. The number of hydrazone groups is 1. The molecule has 0 aromatic heterocycles. The minimum atomic E-state index is -0.475. The summed E-state index contributed by atoms with van der Waals surface area (Å²) in [7, 11) is 0. The number of hydrogen-bond acceptors (Lipinski definition) is 4. The molecule has 0 aromatic carbocycles. The van der Waals surface area contributed by atoms with Crippen molar-refractivity contribution in [3.05, 3.63) is 0 Å². The molecule has 0 spiro atoms. The number of likely N-dealkylation sites (tertiary alicyclic amines) is 1. The highest BCUT2D eigenvalue weighted by molar-refractivity contribution is 5.83. The van der Waals surface area contributed by atoms with Gasteiger partial charge in [0.25, 0.3) is 0 Å². The average molecular weight is 242 g/mol. The van der Waals surface area contributed by atoms with Gasteiger partial charge in [0.05, 0.1) is 0 Å². The third kappa shape index (κ3) is 4.13. The van der Waals surface area contributed by atoms with Gasteiger partial charge in [-0.05, 0) is 33.6 Å². The van der Waals surface area contributed by atoms with Gasteiger partial charge in [0.2, 0.25) is 0 Å². The van der Waals surface area contributed by atoms with E-state index in [4.69, 9.17) is 16.3 Å². The number of hydrogen-bond donors (Lipinski definition) is 2. The van der Waals surface area contributed by atoms with Crippen molar-refractivity contribution in [2.45, 2.75) is 39.2 Å². The molecule has 1 rings (SSSR count). The van der Waals surface area contributed by atoms with Gasteiger partial charge >= 0.3 is 6.09 Å². The Morgan fingerprint density at radius 2 is 2.12 bits per heavy atom. The Morgan fingerprint density at radius 1 is 1.47 bits per heavy atom. The standard InChI is InChI=1S/C11H22N4O2/c1-11(2,3)17-10(16)15-6-4-5-8(7-15)9(12)14-13/h8H,4-7,13H2,1-3H3,(H2,12,14). The summed E-state index contributed by atoms with van der Waals surface area (Å²) in [5, 5.41) is 3.50. The molecular weight excluding hydrogens is 220 g/mol. The van der Waals surface area contributed by atoms with Crippen LogP contribution in [0.3, 0.4) is 0 Å². The van der Waals surface area contributed by atoms with Crippen molar-refractivity contribution in [2.24, 2.45) is 22.6 Å². The average Bonchev–Trinajstić information content (AvgIpc) is 2.26. The topological polar surface area (TPSA) is 93.9 Å². The Bertz CT molecular complexity index is 309. The molecule has 17 heavy (non-hydrogen) atoms. The summed E-state index contributed by atoms with van der Waals surface area (Å²) in [4.78, 5) is 13.5. The highest BCUT2D eigenvalue weighted by Gasteiger charge is 2.29. The van der Waals surface area contributed by atoms with Gasteiger partial charge in [-0.3, -0.25) is 0 Å². The molecule has 6 nitrogen and oxygen atoms in total. The monoisotopic (exact) mass is 242 g/mol. The van der Waals surface area contributed by atoms with E-state index in [9.17, 15) is 4.79 Å². The van der Waals surface area contributed by atoms with Crippen LogP contribution in [0.25, 0.3) is 0 Å². The summed E-state index contributed by atoms with van der Waals surface area (Å²) in [5.74, 6) is 5.60. The van der Waals surface area contributed by atoms with Crippen molar-refractivity contribution in [2.75, 3.05) is 13.1 Å². The van der Waals surface area contributed by atoms with Gasteiger partial charge in [0.15, 0.2) is 0 Å². The molecule has 6 heteroatoms. The Morgan fingerprint density at radius 3 is 2.65 bits per heavy atom. The molecule has 1 aliphatic rings. The lowest BCUT2D eigenvalue weighted by Crippen LogP contribution is -2.46. The number of rotatable bonds is 1. The highest BCUT2D eigenvalue weighted by atomic mass is 16.6. The maximum atomic E-state index is 11.9. The molecule has 1 amide bonds. The molecule has 0 radical (unpaired) electrons. The van der Waals surface area contributed by atoms with Crippen LogP contribution >= 0.6 is 0 Å².